The molecule has 0 radical (unpaired) electrons. The minimum Gasteiger partial charge on any atom is -0.774 e. The molecule has 0 aliphatic carbocycles. The van der Waals surface area contributed by atoms with E-state index < -0.39 is 53.5 Å². The lowest BCUT2D eigenvalue weighted by molar-refractivity contribution is -0.812. The molecule has 21 nitrogen and oxygen atoms in total. The molecule has 2 fully saturated rings. The maximum absolute atomic E-state index is 10.8. The van der Waals surface area contributed by atoms with E-state index in [9.17, 15) is 37.8 Å². The number of piperazine rings is 2. The van der Waals surface area contributed by atoms with E-state index in [2.05, 4.69) is 0 Å². The second-order valence-corrected chi connectivity index (χ2v) is 13.2. The molecule has 2 aliphatic heterocycles. The van der Waals surface area contributed by atoms with Crippen molar-refractivity contribution in [3.05, 3.63) is 0 Å². The Balaban J connectivity index is -0.000000138. The van der Waals surface area contributed by atoms with E-state index in [0.29, 0.717) is 26.2 Å². The summed E-state index contributed by atoms with van der Waals surface area (Å²) in [7, 11) is -19.1. The molecule has 33 heavy (non-hydrogen) atoms. The molecule has 0 amide bonds. The van der Waals surface area contributed by atoms with Gasteiger partial charge in [0, 0.05) is 0 Å². The summed E-state index contributed by atoms with van der Waals surface area (Å²) in [5, 5.41) is 4.77. The highest BCUT2D eigenvalue weighted by Gasteiger charge is 2.45. The van der Waals surface area contributed by atoms with Gasteiger partial charge in [-0.3, -0.25) is 0 Å². The maximum Gasteiger partial charge on any atom is 0.209 e. The average molecular weight is 582 g/mol. The third-order valence-corrected chi connectivity index (χ3v) is 9.79. The van der Waals surface area contributed by atoms with Crippen LogP contribution in [0.15, 0.2) is 0 Å². The number of nitrogens with two attached hydrogens (primary N) is 4. The fourth-order valence-electron chi connectivity index (χ4n) is 2.93. The van der Waals surface area contributed by atoms with Gasteiger partial charge in [-0.1, -0.05) is 0 Å². The predicted molar refractivity (Wildman–Crippen MR) is 99.7 cm³/mol. The zero-order valence-corrected chi connectivity index (χ0v) is 20.4. The standard InChI is InChI=1S/2C4H12N2O6P2.5H2O/c2*7-13(8,9)3-4(14(10,11)12)6-2-1-5-3;;;;;/h2*3-6H,1-2H2,(H2,7,8,9)(H2,10,11,12);5*1H2/t2*3-,4+;;;;;. The first-order valence-electron chi connectivity index (χ1n) is 7.93. The van der Waals surface area contributed by atoms with E-state index in [4.69, 9.17) is 19.6 Å². The summed E-state index contributed by atoms with van der Waals surface area (Å²) in [6.45, 7) is 1.48. The normalized spacial score (nSPS) is 31.5. The smallest absolute Gasteiger partial charge is 0.209 e. The lowest BCUT2D eigenvalue weighted by atomic mass is 10.4. The highest BCUT2D eigenvalue weighted by Crippen LogP contribution is 2.45. The van der Waals surface area contributed by atoms with Crippen molar-refractivity contribution in [2.45, 2.75) is 23.1 Å². The van der Waals surface area contributed by atoms with Gasteiger partial charge < -0.3 is 106 Å². The molecule has 22 N–H and O–H groups in total. The van der Waals surface area contributed by atoms with Gasteiger partial charge in [0.2, 0.25) is 23.1 Å². The molecule has 2 aliphatic rings. The highest BCUT2D eigenvalue weighted by atomic mass is 31.2. The zero-order valence-electron chi connectivity index (χ0n) is 16.8. The maximum atomic E-state index is 10.8. The first-order chi connectivity index (χ1) is 12.5. The van der Waals surface area contributed by atoms with Gasteiger partial charge >= 0.3 is 0 Å². The molecule has 0 aromatic carbocycles. The molecule has 208 valence electrons. The van der Waals surface area contributed by atoms with E-state index in [1.54, 1.807) is 0 Å². The highest BCUT2D eigenvalue weighted by molar-refractivity contribution is 7.55. The SMILES string of the molecule is O.O.O.O.O.O=P([O-])(O)[C@@H]1[NH2+]CC[NH2+][C@@H]1P(=O)([O-])O.O=P([O-])(O)[C@@H]1[NH2+]CC[NH2+][C@@H]1P(=O)([O-])O. The summed E-state index contributed by atoms with van der Waals surface area (Å²) >= 11 is 0. The van der Waals surface area contributed by atoms with Crippen molar-refractivity contribution in [2.75, 3.05) is 26.2 Å². The lowest BCUT2D eigenvalue weighted by Crippen LogP contribution is -3.11. The van der Waals surface area contributed by atoms with Crippen LogP contribution in [0, 0.1) is 0 Å². The van der Waals surface area contributed by atoms with Gasteiger partial charge in [0.05, 0.1) is 0 Å². The topological polar surface area (TPSA) is 465 Å². The Bertz CT molecular complexity index is 598. The molecule has 25 heteroatoms. The quantitative estimate of drug-likeness (QED) is 0.143. The Hall–Kier alpha value is 0.240. The van der Waals surface area contributed by atoms with Gasteiger partial charge in [-0.25, -0.2) is 0 Å². The molecule has 2 heterocycles. The fourth-order valence-corrected chi connectivity index (χ4v) is 8.65. The zero-order chi connectivity index (χ0) is 22.0. The van der Waals surface area contributed by atoms with E-state index in [-0.39, 0.29) is 27.4 Å². The fraction of sp³-hybridized carbons (Fsp3) is 1.00. The lowest BCUT2D eigenvalue weighted by Gasteiger charge is -2.36. The second-order valence-electron chi connectivity index (χ2n) is 6.32. The Kier molecular flexibility index (Phi) is 21.1. The molecule has 8 atom stereocenters. The van der Waals surface area contributed by atoms with Crippen LogP contribution in [0.5, 0.6) is 0 Å². The first kappa shape index (κ1) is 43.3. The van der Waals surface area contributed by atoms with Gasteiger partial charge in [-0.05, 0) is 0 Å². The Morgan fingerprint density at radius 2 is 0.576 bits per heavy atom. The van der Waals surface area contributed by atoms with Crippen molar-refractivity contribution < 1.29 is 106 Å². The number of hydrogen-bond donors (Lipinski definition) is 8. The molecule has 0 bridgehead atoms. The number of hydrogen-bond acceptors (Lipinski definition) is 8. The van der Waals surface area contributed by atoms with Gasteiger partial charge in [0.1, 0.15) is 26.2 Å². The summed E-state index contributed by atoms with van der Waals surface area (Å²) in [6.07, 6.45) is 0. The molecule has 2 saturated heterocycles. The largest absolute Gasteiger partial charge is 0.774 e. The summed E-state index contributed by atoms with van der Waals surface area (Å²) in [5.74, 6) is -6.09. The first-order valence-corrected chi connectivity index (χ1v) is 14.5. The van der Waals surface area contributed by atoms with Crippen molar-refractivity contribution in [3.8, 4) is 0 Å². The number of quaternary nitrogens is 4. The molecule has 0 spiro atoms. The minimum atomic E-state index is -4.76. The molecular formula is C8H34N4O17P4. The molecule has 0 saturated carbocycles. The van der Waals surface area contributed by atoms with Crippen molar-refractivity contribution >= 4 is 30.4 Å². The van der Waals surface area contributed by atoms with Crippen molar-refractivity contribution in [1.82, 2.24) is 0 Å². The second kappa shape index (κ2) is 16.1. The molecule has 2 rings (SSSR count). The van der Waals surface area contributed by atoms with Crippen LogP contribution in [0.1, 0.15) is 0 Å². The third kappa shape index (κ3) is 13.8. The van der Waals surface area contributed by atoms with Crippen LogP contribution in [-0.2, 0) is 18.3 Å². The third-order valence-electron chi connectivity index (χ3n) is 4.17. The van der Waals surface area contributed by atoms with Crippen LogP contribution in [0.2, 0.25) is 0 Å². The Labute approximate surface area is 186 Å². The molecular weight excluding hydrogens is 548 g/mol. The van der Waals surface area contributed by atoms with Crippen LogP contribution < -0.4 is 40.8 Å². The number of rotatable bonds is 4. The van der Waals surface area contributed by atoms with E-state index in [0.717, 1.165) is 0 Å². The van der Waals surface area contributed by atoms with Crippen molar-refractivity contribution in [2.24, 2.45) is 0 Å². The van der Waals surface area contributed by atoms with Crippen LogP contribution in [0.4, 0.5) is 0 Å². The Morgan fingerprint density at radius 3 is 0.667 bits per heavy atom. The van der Waals surface area contributed by atoms with Crippen LogP contribution in [-0.4, -0.2) is 96.3 Å². The van der Waals surface area contributed by atoms with E-state index in [1.165, 1.54) is 21.3 Å². The van der Waals surface area contributed by atoms with Crippen LogP contribution >= 0.6 is 30.4 Å². The van der Waals surface area contributed by atoms with Crippen LogP contribution in [0.25, 0.3) is 0 Å². The van der Waals surface area contributed by atoms with E-state index in [1.807, 2.05) is 0 Å². The summed E-state index contributed by atoms with van der Waals surface area (Å²) in [6, 6.07) is 0. The van der Waals surface area contributed by atoms with Gasteiger partial charge in [-0.15, -0.1) is 0 Å². The minimum absolute atomic E-state index is 0. The monoisotopic (exact) mass is 582 g/mol. The predicted octanol–water partition coefficient (Wildman–Crippen LogP) is -14.4. The van der Waals surface area contributed by atoms with Gasteiger partial charge in [0.25, 0.3) is 0 Å². The average Bonchev–Trinajstić information content (AvgIpc) is 2.52. The molecule has 0 aromatic rings. The molecule has 0 aromatic heterocycles. The van der Waals surface area contributed by atoms with Gasteiger partial charge in [0.15, 0.2) is 30.4 Å². The van der Waals surface area contributed by atoms with Crippen molar-refractivity contribution in [3.63, 3.8) is 0 Å². The summed E-state index contributed by atoms with van der Waals surface area (Å²) in [4.78, 5) is 78.2. The summed E-state index contributed by atoms with van der Waals surface area (Å²) in [5.41, 5.74) is 0. The van der Waals surface area contributed by atoms with Crippen molar-refractivity contribution in [1.29, 1.82) is 0 Å². The Morgan fingerprint density at radius 1 is 0.455 bits per heavy atom. The van der Waals surface area contributed by atoms with Crippen LogP contribution in [0.3, 0.4) is 0 Å². The molecule has 4 unspecified atom stereocenters. The summed E-state index contributed by atoms with van der Waals surface area (Å²) < 4.78 is 43.2. The van der Waals surface area contributed by atoms with Gasteiger partial charge in [-0.2, -0.15) is 0 Å². The van der Waals surface area contributed by atoms with E-state index >= 15 is 0 Å².